The lowest BCUT2D eigenvalue weighted by Gasteiger charge is -2.13. The molecule has 6 nitrogen and oxygen atoms in total. The molecule has 0 atom stereocenters. The van der Waals surface area contributed by atoms with Crippen LogP contribution < -0.4 is 5.32 Å². The maximum atomic E-state index is 13.3. The van der Waals surface area contributed by atoms with Crippen LogP contribution in [0.15, 0.2) is 34.1 Å². The van der Waals surface area contributed by atoms with Crippen LogP contribution in [0.3, 0.4) is 0 Å². The number of aromatic nitrogens is 3. The molecule has 132 valence electrons. The van der Waals surface area contributed by atoms with Gasteiger partial charge in [0.25, 0.3) is 0 Å². The summed E-state index contributed by atoms with van der Waals surface area (Å²) in [6.45, 7) is 3.67. The largest absolute Gasteiger partial charge is 0.310 e. The first kappa shape index (κ1) is 18.1. The van der Waals surface area contributed by atoms with Crippen LogP contribution >= 0.6 is 23.1 Å². The second-order valence-corrected chi connectivity index (χ2v) is 7.45. The van der Waals surface area contributed by atoms with Crippen molar-refractivity contribution in [1.29, 1.82) is 5.26 Å². The molecule has 26 heavy (non-hydrogen) atoms. The number of halogens is 1. The van der Waals surface area contributed by atoms with E-state index in [-0.39, 0.29) is 17.5 Å². The number of carbonyl (C=O) groups excluding carboxylic acids is 1. The molecule has 9 heteroatoms. The molecule has 3 aromatic rings. The van der Waals surface area contributed by atoms with E-state index >= 15 is 0 Å². The molecule has 2 aromatic heterocycles. The van der Waals surface area contributed by atoms with Crippen molar-refractivity contribution >= 4 is 34.8 Å². The van der Waals surface area contributed by atoms with E-state index in [4.69, 9.17) is 0 Å². The van der Waals surface area contributed by atoms with Crippen LogP contribution in [0.5, 0.6) is 0 Å². The minimum Gasteiger partial charge on any atom is -0.310 e. The Hall–Kier alpha value is -2.70. The molecule has 1 aromatic carbocycles. The Kier molecular flexibility index (Phi) is 5.35. The van der Waals surface area contributed by atoms with Crippen LogP contribution in [0.2, 0.25) is 0 Å². The Balaban J connectivity index is 1.92. The SMILES string of the molecule is Cc1c(C#N)c(NC(=O)CSc2nncs2)n(-c2ccc(F)cc2)c1C. The van der Waals surface area contributed by atoms with Gasteiger partial charge in [0.2, 0.25) is 5.91 Å². The molecule has 2 heterocycles. The predicted molar refractivity (Wildman–Crippen MR) is 99.2 cm³/mol. The fourth-order valence-electron chi connectivity index (χ4n) is 2.50. The van der Waals surface area contributed by atoms with Crippen LogP contribution in [-0.4, -0.2) is 26.4 Å². The summed E-state index contributed by atoms with van der Waals surface area (Å²) < 4.78 is 15.7. The summed E-state index contributed by atoms with van der Waals surface area (Å²) in [7, 11) is 0. The molecular weight excluding hydrogens is 373 g/mol. The summed E-state index contributed by atoms with van der Waals surface area (Å²) in [6, 6.07) is 8.04. The van der Waals surface area contributed by atoms with E-state index < -0.39 is 0 Å². The van der Waals surface area contributed by atoms with Gasteiger partial charge in [-0.2, -0.15) is 5.26 Å². The van der Waals surface area contributed by atoms with Crippen molar-refractivity contribution in [2.75, 3.05) is 11.1 Å². The standard InChI is InChI=1S/C17H14FN5OS2/c1-10-11(2)23(13-5-3-12(18)4-6-13)16(14(10)7-19)21-15(24)8-25-17-22-20-9-26-17/h3-6,9H,8H2,1-2H3,(H,21,24). The summed E-state index contributed by atoms with van der Waals surface area (Å²) >= 11 is 2.63. The lowest BCUT2D eigenvalue weighted by molar-refractivity contribution is -0.113. The highest BCUT2D eigenvalue weighted by molar-refractivity contribution is 8.01. The minimum atomic E-state index is -0.352. The summed E-state index contributed by atoms with van der Waals surface area (Å²) in [4.78, 5) is 12.4. The van der Waals surface area contributed by atoms with E-state index in [1.807, 2.05) is 13.8 Å². The quantitative estimate of drug-likeness (QED) is 0.675. The molecule has 0 saturated heterocycles. The number of nitrogens with one attached hydrogen (secondary N) is 1. The predicted octanol–water partition coefficient (Wildman–Crippen LogP) is 3.69. The van der Waals surface area contributed by atoms with Crippen LogP contribution in [-0.2, 0) is 4.79 Å². The number of benzene rings is 1. The Morgan fingerprint density at radius 3 is 2.73 bits per heavy atom. The van der Waals surface area contributed by atoms with Crippen molar-refractivity contribution in [1.82, 2.24) is 14.8 Å². The first-order chi connectivity index (χ1) is 12.5. The molecule has 1 amide bonds. The number of hydrogen-bond donors (Lipinski definition) is 1. The third kappa shape index (κ3) is 3.61. The zero-order chi connectivity index (χ0) is 18.7. The molecular formula is C17H14FN5OS2. The average Bonchev–Trinajstić information content (AvgIpc) is 3.22. The molecule has 0 spiro atoms. The molecule has 0 aliphatic heterocycles. The van der Waals surface area contributed by atoms with Gasteiger partial charge < -0.3 is 5.32 Å². The molecule has 0 aliphatic rings. The first-order valence-electron chi connectivity index (χ1n) is 7.58. The molecule has 0 bridgehead atoms. The smallest absolute Gasteiger partial charge is 0.235 e. The maximum Gasteiger partial charge on any atom is 0.235 e. The second-order valence-electron chi connectivity index (χ2n) is 5.40. The van der Waals surface area contributed by atoms with Gasteiger partial charge in [-0.15, -0.1) is 10.2 Å². The van der Waals surface area contributed by atoms with Gasteiger partial charge >= 0.3 is 0 Å². The number of nitriles is 1. The molecule has 0 saturated carbocycles. The Morgan fingerprint density at radius 1 is 1.38 bits per heavy atom. The van der Waals surface area contributed by atoms with E-state index in [0.29, 0.717) is 21.4 Å². The highest BCUT2D eigenvalue weighted by Crippen LogP contribution is 2.30. The van der Waals surface area contributed by atoms with Gasteiger partial charge in [-0.1, -0.05) is 23.1 Å². The normalized spacial score (nSPS) is 10.5. The van der Waals surface area contributed by atoms with Gasteiger partial charge in [0.05, 0.1) is 11.3 Å². The zero-order valence-electron chi connectivity index (χ0n) is 14.0. The molecule has 0 aliphatic carbocycles. The highest BCUT2D eigenvalue weighted by Gasteiger charge is 2.21. The Bertz CT molecular complexity index is 974. The Labute approximate surface area is 157 Å². The first-order valence-corrected chi connectivity index (χ1v) is 9.44. The van der Waals surface area contributed by atoms with Gasteiger partial charge in [0, 0.05) is 11.4 Å². The third-order valence-electron chi connectivity index (χ3n) is 3.83. The molecule has 0 fully saturated rings. The Morgan fingerprint density at radius 2 is 2.12 bits per heavy atom. The second kappa shape index (κ2) is 7.68. The van der Waals surface area contributed by atoms with E-state index in [1.165, 1.54) is 35.2 Å². The summed E-state index contributed by atoms with van der Waals surface area (Å²) in [6.07, 6.45) is 0. The van der Waals surface area contributed by atoms with Gasteiger partial charge in [-0.25, -0.2) is 4.39 Å². The number of nitrogens with zero attached hydrogens (tertiary/aromatic N) is 4. The summed E-state index contributed by atoms with van der Waals surface area (Å²) in [5, 5.41) is 19.9. The lowest BCUT2D eigenvalue weighted by atomic mass is 10.2. The summed E-state index contributed by atoms with van der Waals surface area (Å²) in [5.41, 5.74) is 4.23. The van der Waals surface area contributed by atoms with E-state index in [1.54, 1.807) is 22.2 Å². The minimum absolute atomic E-state index is 0.146. The fourth-order valence-corrected chi connectivity index (χ4v) is 3.78. The van der Waals surface area contributed by atoms with Gasteiger partial charge in [-0.05, 0) is 43.7 Å². The van der Waals surface area contributed by atoms with Gasteiger partial charge in [0.1, 0.15) is 23.2 Å². The van der Waals surface area contributed by atoms with Crippen LogP contribution in [0.25, 0.3) is 5.69 Å². The van der Waals surface area contributed by atoms with Crippen LogP contribution in [0, 0.1) is 31.0 Å². The zero-order valence-corrected chi connectivity index (χ0v) is 15.6. The van der Waals surface area contributed by atoms with E-state index in [9.17, 15) is 14.4 Å². The third-order valence-corrected chi connectivity index (χ3v) is 5.70. The molecule has 0 unspecified atom stereocenters. The molecule has 3 rings (SSSR count). The topological polar surface area (TPSA) is 83.6 Å². The fraction of sp³-hybridized carbons (Fsp3) is 0.176. The number of anilines is 1. The van der Waals surface area contributed by atoms with Crippen molar-refractivity contribution in [3.05, 3.63) is 52.4 Å². The monoisotopic (exact) mass is 387 g/mol. The van der Waals surface area contributed by atoms with E-state index in [0.717, 1.165) is 11.3 Å². The van der Waals surface area contributed by atoms with Gasteiger partial charge in [-0.3, -0.25) is 9.36 Å². The molecule has 1 N–H and O–H groups in total. The lowest BCUT2D eigenvalue weighted by Crippen LogP contribution is -2.17. The van der Waals surface area contributed by atoms with Crippen molar-refractivity contribution < 1.29 is 9.18 Å². The maximum absolute atomic E-state index is 13.3. The van der Waals surface area contributed by atoms with Crippen LogP contribution in [0.4, 0.5) is 10.2 Å². The van der Waals surface area contributed by atoms with E-state index in [2.05, 4.69) is 21.6 Å². The number of amides is 1. The molecule has 0 radical (unpaired) electrons. The van der Waals surface area contributed by atoms with Crippen molar-refractivity contribution in [2.24, 2.45) is 0 Å². The van der Waals surface area contributed by atoms with Crippen LogP contribution in [0.1, 0.15) is 16.8 Å². The number of hydrogen-bond acceptors (Lipinski definition) is 6. The van der Waals surface area contributed by atoms with Crippen molar-refractivity contribution in [3.63, 3.8) is 0 Å². The van der Waals surface area contributed by atoms with Gasteiger partial charge in [0.15, 0.2) is 4.34 Å². The summed E-state index contributed by atoms with van der Waals surface area (Å²) in [5.74, 6) is -0.0819. The number of rotatable bonds is 5. The van der Waals surface area contributed by atoms with Crippen molar-refractivity contribution in [2.45, 2.75) is 18.2 Å². The number of carbonyl (C=O) groups is 1. The average molecular weight is 387 g/mol. The van der Waals surface area contributed by atoms with Crippen molar-refractivity contribution in [3.8, 4) is 11.8 Å². The highest BCUT2D eigenvalue weighted by atomic mass is 32.2. The number of thioether (sulfide) groups is 1.